The van der Waals surface area contributed by atoms with E-state index in [1.165, 1.54) is 42.7 Å². The molecule has 0 bridgehead atoms. The SMILES string of the molecule is CC.CC.O=C(Nc1cc(F)c(Oc2[c-]nncc2)cc1F)c1cccn(-c2ccc(F)cc2)c1=O.[W]. The van der Waals surface area contributed by atoms with Gasteiger partial charge in [-0.25, -0.2) is 13.2 Å². The van der Waals surface area contributed by atoms with Gasteiger partial charge < -0.3 is 10.1 Å². The van der Waals surface area contributed by atoms with E-state index < -0.39 is 40.4 Å². The average molecular weight is 681 g/mol. The van der Waals surface area contributed by atoms with Gasteiger partial charge in [-0.2, -0.15) is 5.10 Å². The van der Waals surface area contributed by atoms with Gasteiger partial charge in [-0.15, -0.1) is 6.07 Å². The first kappa shape index (κ1) is 31.2. The Labute approximate surface area is 226 Å². The molecule has 4 rings (SSSR count). The van der Waals surface area contributed by atoms with Crippen LogP contribution in [0.5, 0.6) is 11.5 Å². The molecule has 37 heavy (non-hydrogen) atoms. The van der Waals surface area contributed by atoms with Gasteiger partial charge >= 0.3 is 0 Å². The Morgan fingerprint density at radius 1 is 0.973 bits per heavy atom. The van der Waals surface area contributed by atoms with E-state index in [0.29, 0.717) is 5.69 Å². The molecular weight excluding hydrogens is 657 g/mol. The molecule has 2 heterocycles. The number of anilines is 1. The molecule has 0 fully saturated rings. The van der Waals surface area contributed by atoms with E-state index in [0.717, 1.165) is 28.8 Å². The first-order valence-electron chi connectivity index (χ1n) is 11.1. The number of carbonyl (C=O) groups excluding carboxylic acids is 1. The number of hydrogen-bond acceptors (Lipinski definition) is 5. The second-order valence-electron chi connectivity index (χ2n) is 6.40. The summed E-state index contributed by atoms with van der Waals surface area (Å²) in [6, 6.07) is 10.5. The van der Waals surface area contributed by atoms with Crippen LogP contribution in [0.25, 0.3) is 5.69 Å². The number of nitrogens with one attached hydrogen (secondary N) is 1. The molecule has 0 atom stereocenters. The number of pyridine rings is 1. The zero-order valence-corrected chi connectivity index (χ0v) is 23.4. The maximum atomic E-state index is 14.5. The molecule has 0 saturated heterocycles. The van der Waals surface area contributed by atoms with Crippen molar-refractivity contribution in [3.63, 3.8) is 0 Å². The Morgan fingerprint density at radius 2 is 1.65 bits per heavy atom. The molecule has 4 aromatic rings. The molecule has 194 valence electrons. The molecule has 2 aromatic heterocycles. The molecule has 11 heteroatoms. The van der Waals surface area contributed by atoms with Crippen molar-refractivity contribution in [2.45, 2.75) is 27.7 Å². The van der Waals surface area contributed by atoms with Crippen LogP contribution in [0.2, 0.25) is 0 Å². The monoisotopic (exact) mass is 681 g/mol. The number of aromatic nitrogens is 3. The summed E-state index contributed by atoms with van der Waals surface area (Å²) < 4.78 is 48.3. The van der Waals surface area contributed by atoms with Gasteiger partial charge in [-0.05, 0) is 48.3 Å². The minimum absolute atomic E-state index is 0. The standard InChI is InChI=1S/C22H12F3N4O3.2C2H6.W/c23-13-3-5-14(6-4-13)29-9-1-2-16(22(29)31)21(30)28-19-10-18(25)20(11-17(19)24)32-15-7-8-26-27-12-15;2*1-2;/h1-11H,(H,28,30);2*1-2H3;/q-1;;;. The summed E-state index contributed by atoms with van der Waals surface area (Å²) in [6.45, 7) is 8.00. The fraction of sp³-hybridized carbons (Fsp3) is 0.154. The van der Waals surface area contributed by atoms with Crippen molar-refractivity contribution in [1.82, 2.24) is 14.8 Å². The van der Waals surface area contributed by atoms with E-state index in [1.54, 1.807) is 0 Å². The number of halogens is 3. The number of nitrogens with zero attached hydrogens (tertiary/aromatic N) is 3. The van der Waals surface area contributed by atoms with Gasteiger partial charge in [-0.1, -0.05) is 33.9 Å². The Balaban J connectivity index is 0.00000131. The fourth-order valence-electron chi connectivity index (χ4n) is 2.79. The van der Waals surface area contributed by atoms with Gasteiger partial charge in [0.1, 0.15) is 11.4 Å². The zero-order valence-electron chi connectivity index (χ0n) is 20.5. The van der Waals surface area contributed by atoms with Gasteiger partial charge in [0.25, 0.3) is 11.5 Å². The second kappa shape index (κ2) is 15.4. The molecule has 1 N–H and O–H groups in total. The van der Waals surface area contributed by atoms with E-state index in [2.05, 4.69) is 21.7 Å². The summed E-state index contributed by atoms with van der Waals surface area (Å²) in [7, 11) is 0. The maximum Gasteiger partial charge on any atom is 0.267 e. The van der Waals surface area contributed by atoms with Crippen molar-refractivity contribution in [3.05, 3.63) is 107 Å². The van der Waals surface area contributed by atoms with Crippen LogP contribution in [0.15, 0.2) is 71.8 Å². The molecule has 0 unspecified atom stereocenters. The Morgan fingerprint density at radius 3 is 2.27 bits per heavy atom. The van der Waals surface area contributed by atoms with Crippen LogP contribution in [-0.4, -0.2) is 20.7 Å². The number of ether oxygens (including phenoxy) is 1. The van der Waals surface area contributed by atoms with E-state index in [1.807, 2.05) is 27.7 Å². The Kier molecular flexibility index (Phi) is 13.0. The van der Waals surface area contributed by atoms with Crippen LogP contribution in [0.1, 0.15) is 38.1 Å². The Bertz CT molecular complexity index is 1350. The molecule has 0 aliphatic heterocycles. The van der Waals surface area contributed by atoms with Crippen LogP contribution < -0.4 is 15.6 Å². The smallest absolute Gasteiger partial charge is 0.267 e. The minimum Gasteiger partial charge on any atom is -0.491 e. The fourth-order valence-corrected chi connectivity index (χ4v) is 2.79. The first-order valence-corrected chi connectivity index (χ1v) is 11.1. The summed E-state index contributed by atoms with van der Waals surface area (Å²) in [5, 5.41) is 9.11. The Hall–Kier alpha value is -3.78. The first-order chi connectivity index (χ1) is 17.4. The largest absolute Gasteiger partial charge is 0.491 e. The van der Waals surface area contributed by atoms with Gasteiger partial charge in [0.05, 0.1) is 5.69 Å². The van der Waals surface area contributed by atoms with Crippen molar-refractivity contribution in [3.8, 4) is 17.2 Å². The third kappa shape index (κ3) is 8.11. The number of hydrogen-bond donors (Lipinski definition) is 1. The third-order valence-corrected chi connectivity index (χ3v) is 4.30. The summed E-state index contributed by atoms with van der Waals surface area (Å²) in [5.74, 6) is -3.84. The summed E-state index contributed by atoms with van der Waals surface area (Å²) in [6.07, 6.45) is 5.04. The molecule has 0 aliphatic carbocycles. The van der Waals surface area contributed by atoms with Crippen molar-refractivity contribution >= 4 is 11.6 Å². The normalized spacial score (nSPS) is 9.49. The average Bonchev–Trinajstić information content (AvgIpc) is 2.90. The van der Waals surface area contributed by atoms with Gasteiger partial charge in [0.2, 0.25) is 0 Å². The topological polar surface area (TPSA) is 86.1 Å². The number of benzene rings is 2. The number of carbonyl (C=O) groups is 1. The summed E-state index contributed by atoms with van der Waals surface area (Å²) in [5.41, 5.74) is -1.21. The minimum atomic E-state index is -0.994. The predicted octanol–water partition coefficient (Wildman–Crippen LogP) is 5.94. The van der Waals surface area contributed by atoms with Crippen molar-refractivity contribution in [2.24, 2.45) is 0 Å². The van der Waals surface area contributed by atoms with E-state index in [-0.39, 0.29) is 32.4 Å². The van der Waals surface area contributed by atoms with Gasteiger partial charge in [0, 0.05) is 45.1 Å². The molecule has 7 nitrogen and oxygen atoms in total. The van der Waals surface area contributed by atoms with Crippen LogP contribution in [0.4, 0.5) is 18.9 Å². The second-order valence-corrected chi connectivity index (χ2v) is 6.40. The van der Waals surface area contributed by atoms with Gasteiger partial charge in [-0.3, -0.25) is 19.3 Å². The molecule has 0 radical (unpaired) electrons. The van der Waals surface area contributed by atoms with Crippen LogP contribution in [0, 0.1) is 23.6 Å². The molecule has 0 aliphatic rings. The zero-order chi connectivity index (χ0) is 26.7. The quantitative estimate of drug-likeness (QED) is 0.264. The summed E-state index contributed by atoms with van der Waals surface area (Å²) >= 11 is 0. The van der Waals surface area contributed by atoms with Crippen LogP contribution in [-0.2, 0) is 21.1 Å². The van der Waals surface area contributed by atoms with Crippen LogP contribution >= 0.6 is 0 Å². The molecule has 2 aromatic carbocycles. The molecule has 0 saturated carbocycles. The summed E-state index contributed by atoms with van der Waals surface area (Å²) in [4.78, 5) is 25.3. The van der Waals surface area contributed by atoms with Gasteiger partial charge in [0.15, 0.2) is 17.4 Å². The van der Waals surface area contributed by atoms with Crippen LogP contribution in [0.3, 0.4) is 0 Å². The van der Waals surface area contributed by atoms with E-state index in [9.17, 15) is 22.8 Å². The molecular formula is C26H24F3N4O3W-. The van der Waals surface area contributed by atoms with Crippen molar-refractivity contribution in [1.29, 1.82) is 0 Å². The van der Waals surface area contributed by atoms with E-state index >= 15 is 0 Å². The number of amides is 1. The predicted molar refractivity (Wildman–Crippen MR) is 130 cm³/mol. The molecule has 0 spiro atoms. The van der Waals surface area contributed by atoms with E-state index in [4.69, 9.17) is 4.74 Å². The van der Waals surface area contributed by atoms with Crippen molar-refractivity contribution in [2.75, 3.05) is 5.32 Å². The van der Waals surface area contributed by atoms with Crippen molar-refractivity contribution < 1.29 is 43.8 Å². The maximum absolute atomic E-state index is 14.5. The third-order valence-electron chi connectivity index (χ3n) is 4.30. The number of rotatable bonds is 5. The molecule has 1 amide bonds.